The third kappa shape index (κ3) is 4.04. The van der Waals surface area contributed by atoms with Gasteiger partial charge in [-0.2, -0.15) is 5.26 Å². The molecule has 2 amide bonds. The van der Waals surface area contributed by atoms with E-state index in [1.165, 1.54) is 12.1 Å². The first-order valence-electron chi connectivity index (χ1n) is 10.5. The first-order chi connectivity index (χ1) is 15.4. The van der Waals surface area contributed by atoms with Crippen LogP contribution in [-0.2, 0) is 14.3 Å². The van der Waals surface area contributed by atoms with Gasteiger partial charge in [0.1, 0.15) is 17.6 Å². The molecule has 0 unspecified atom stereocenters. The first-order valence-corrected chi connectivity index (χ1v) is 10.5. The number of benzene rings is 1. The number of esters is 1. The Bertz CT molecular complexity index is 1140. The molecule has 0 bridgehead atoms. The smallest absolute Gasteiger partial charge is 0.338 e. The van der Waals surface area contributed by atoms with Crippen molar-refractivity contribution in [2.24, 2.45) is 0 Å². The van der Waals surface area contributed by atoms with E-state index < -0.39 is 18.5 Å². The summed E-state index contributed by atoms with van der Waals surface area (Å²) in [6, 6.07) is 6.92. The number of nitriles is 1. The Morgan fingerprint density at radius 1 is 1.31 bits per heavy atom. The van der Waals surface area contributed by atoms with Crippen LogP contribution in [-0.4, -0.2) is 35.6 Å². The predicted molar refractivity (Wildman–Crippen MR) is 116 cm³/mol. The minimum absolute atomic E-state index is 0.130. The Morgan fingerprint density at radius 3 is 2.78 bits per heavy atom. The molecule has 0 spiro atoms. The summed E-state index contributed by atoms with van der Waals surface area (Å²) in [5.41, 5.74) is 2.90. The van der Waals surface area contributed by atoms with Gasteiger partial charge in [-0.1, -0.05) is 12.8 Å². The molecule has 2 heterocycles. The molecule has 9 nitrogen and oxygen atoms in total. The number of hydrogen-bond acceptors (Lipinski definition) is 6. The van der Waals surface area contributed by atoms with Gasteiger partial charge in [0.15, 0.2) is 13.2 Å². The fourth-order valence-electron chi connectivity index (χ4n) is 4.29. The Hall–Kier alpha value is -3.80. The van der Waals surface area contributed by atoms with Crippen molar-refractivity contribution in [2.75, 3.05) is 23.8 Å². The molecule has 1 aromatic carbocycles. The highest BCUT2D eigenvalue weighted by molar-refractivity contribution is 5.98. The molecule has 1 aromatic heterocycles. The van der Waals surface area contributed by atoms with Crippen LogP contribution >= 0.6 is 0 Å². The van der Waals surface area contributed by atoms with Crippen LogP contribution in [0.25, 0.3) is 0 Å². The summed E-state index contributed by atoms with van der Waals surface area (Å²) < 4.78 is 12.5. The second-order valence-electron chi connectivity index (χ2n) is 8.03. The summed E-state index contributed by atoms with van der Waals surface area (Å²) >= 11 is 0. The molecule has 0 radical (unpaired) electrons. The lowest BCUT2D eigenvalue weighted by Gasteiger charge is -2.19. The fourth-order valence-corrected chi connectivity index (χ4v) is 4.29. The molecule has 2 N–H and O–H groups in total. The molecule has 9 heteroatoms. The van der Waals surface area contributed by atoms with Crippen molar-refractivity contribution in [3.8, 4) is 11.8 Å². The van der Waals surface area contributed by atoms with Crippen molar-refractivity contribution >= 4 is 29.3 Å². The fraction of sp³-hybridized carbons (Fsp3) is 0.391. The molecule has 2 aromatic rings. The number of nitrogens with zero attached hydrogens (tertiary/aromatic N) is 2. The maximum atomic E-state index is 12.6. The zero-order chi connectivity index (χ0) is 22.8. The molecule has 4 rings (SSSR count). The van der Waals surface area contributed by atoms with Crippen LogP contribution in [0.5, 0.6) is 5.75 Å². The van der Waals surface area contributed by atoms with Gasteiger partial charge in [0.05, 0.1) is 16.8 Å². The van der Waals surface area contributed by atoms with Crippen LogP contribution in [0.2, 0.25) is 0 Å². The maximum Gasteiger partial charge on any atom is 0.338 e. The van der Waals surface area contributed by atoms with Crippen LogP contribution in [0.4, 0.5) is 11.5 Å². The van der Waals surface area contributed by atoms with Crippen molar-refractivity contribution in [3.63, 3.8) is 0 Å². The number of carbonyl (C=O) groups excluding carboxylic acids is 3. The maximum absolute atomic E-state index is 12.6. The highest BCUT2D eigenvalue weighted by atomic mass is 16.5. The van der Waals surface area contributed by atoms with E-state index in [1.807, 2.05) is 18.4 Å². The van der Waals surface area contributed by atoms with Gasteiger partial charge in [-0.3, -0.25) is 9.59 Å². The normalized spacial score (nSPS) is 15.3. The number of ether oxygens (including phenoxy) is 2. The van der Waals surface area contributed by atoms with E-state index in [0.717, 1.165) is 36.9 Å². The van der Waals surface area contributed by atoms with Crippen molar-refractivity contribution < 1.29 is 23.9 Å². The van der Waals surface area contributed by atoms with E-state index in [9.17, 15) is 19.6 Å². The van der Waals surface area contributed by atoms with Gasteiger partial charge in [0, 0.05) is 11.7 Å². The van der Waals surface area contributed by atoms with Gasteiger partial charge >= 0.3 is 5.97 Å². The average Bonchev–Trinajstić information content (AvgIpc) is 3.38. The van der Waals surface area contributed by atoms with Crippen molar-refractivity contribution in [1.82, 2.24) is 4.57 Å². The molecule has 1 aliphatic heterocycles. The van der Waals surface area contributed by atoms with E-state index in [2.05, 4.69) is 16.7 Å². The number of fused-ring (bicyclic) bond motifs is 1. The molecule has 32 heavy (non-hydrogen) atoms. The molecule has 0 atom stereocenters. The Kier molecular flexibility index (Phi) is 5.86. The highest BCUT2D eigenvalue weighted by Gasteiger charge is 2.27. The van der Waals surface area contributed by atoms with Crippen LogP contribution in [0, 0.1) is 25.2 Å². The number of aromatic nitrogens is 1. The van der Waals surface area contributed by atoms with E-state index in [-0.39, 0.29) is 24.1 Å². The number of carbonyl (C=O) groups is 3. The molecular formula is C23H24N4O5. The van der Waals surface area contributed by atoms with E-state index in [4.69, 9.17) is 9.47 Å². The first kappa shape index (κ1) is 21.4. The van der Waals surface area contributed by atoms with Crippen LogP contribution < -0.4 is 15.4 Å². The number of anilines is 2. The van der Waals surface area contributed by atoms with Gasteiger partial charge in [-0.05, 0) is 50.5 Å². The number of amides is 2. The molecular weight excluding hydrogens is 412 g/mol. The van der Waals surface area contributed by atoms with E-state index in [1.54, 1.807) is 6.07 Å². The average molecular weight is 436 g/mol. The molecule has 1 aliphatic carbocycles. The third-order valence-corrected chi connectivity index (χ3v) is 6.00. The Morgan fingerprint density at radius 2 is 2.06 bits per heavy atom. The summed E-state index contributed by atoms with van der Waals surface area (Å²) in [6.45, 7) is 3.20. The van der Waals surface area contributed by atoms with Crippen LogP contribution in [0.3, 0.4) is 0 Å². The monoisotopic (exact) mass is 436 g/mol. The molecule has 2 aliphatic rings. The largest absolute Gasteiger partial charge is 0.482 e. The lowest BCUT2D eigenvalue weighted by Crippen LogP contribution is -2.26. The summed E-state index contributed by atoms with van der Waals surface area (Å²) in [5, 5.41) is 15.1. The van der Waals surface area contributed by atoms with Crippen molar-refractivity contribution in [3.05, 3.63) is 40.6 Å². The molecule has 0 saturated heterocycles. The lowest BCUT2D eigenvalue weighted by atomic mass is 10.1. The Balaban J connectivity index is 1.45. The topological polar surface area (TPSA) is 122 Å². The zero-order valence-electron chi connectivity index (χ0n) is 18.0. The summed E-state index contributed by atoms with van der Waals surface area (Å²) in [6.07, 6.45) is 4.22. The van der Waals surface area contributed by atoms with Gasteiger partial charge in [-0.15, -0.1) is 0 Å². The number of nitrogens with one attached hydrogen (secondary N) is 2. The number of hydrogen-bond donors (Lipinski definition) is 2. The lowest BCUT2D eigenvalue weighted by molar-refractivity contribution is -0.119. The van der Waals surface area contributed by atoms with E-state index >= 15 is 0 Å². The minimum Gasteiger partial charge on any atom is -0.482 e. The standard InChI is InChI=1S/C23H24N4O5/c1-13-14(2)27(16-5-3-4-6-16)22(17(13)10-24)26-21(29)12-32-23(30)15-7-8-18-19(9-15)31-11-20(28)25-18/h7-9,16H,3-6,11-12H2,1-2H3,(H,25,28)(H,26,29). The zero-order valence-corrected chi connectivity index (χ0v) is 18.0. The summed E-state index contributed by atoms with van der Waals surface area (Å²) in [5.74, 6) is -0.652. The summed E-state index contributed by atoms with van der Waals surface area (Å²) in [4.78, 5) is 36.4. The molecule has 1 fully saturated rings. The van der Waals surface area contributed by atoms with Crippen LogP contribution in [0.15, 0.2) is 18.2 Å². The second kappa shape index (κ2) is 8.75. The highest BCUT2D eigenvalue weighted by Crippen LogP contribution is 2.37. The van der Waals surface area contributed by atoms with Crippen molar-refractivity contribution in [2.45, 2.75) is 45.6 Å². The minimum atomic E-state index is -0.692. The second-order valence-corrected chi connectivity index (χ2v) is 8.03. The predicted octanol–water partition coefficient (Wildman–Crippen LogP) is 3.22. The van der Waals surface area contributed by atoms with Gasteiger partial charge in [-0.25, -0.2) is 4.79 Å². The molecule has 1 saturated carbocycles. The SMILES string of the molecule is Cc1c(C#N)c(NC(=O)COC(=O)c2ccc3c(c2)OCC(=O)N3)n(C2CCCC2)c1C. The van der Waals surface area contributed by atoms with Gasteiger partial charge in [0.2, 0.25) is 0 Å². The van der Waals surface area contributed by atoms with E-state index in [0.29, 0.717) is 22.8 Å². The number of rotatable bonds is 5. The quantitative estimate of drug-likeness (QED) is 0.694. The van der Waals surface area contributed by atoms with Crippen molar-refractivity contribution in [1.29, 1.82) is 5.26 Å². The van der Waals surface area contributed by atoms with Gasteiger partial charge < -0.3 is 24.7 Å². The Labute approximate surface area is 185 Å². The van der Waals surface area contributed by atoms with Gasteiger partial charge in [0.25, 0.3) is 11.8 Å². The molecule has 166 valence electrons. The van der Waals surface area contributed by atoms with Crippen LogP contribution in [0.1, 0.15) is 58.9 Å². The summed E-state index contributed by atoms with van der Waals surface area (Å²) in [7, 11) is 0. The third-order valence-electron chi connectivity index (χ3n) is 6.00.